The molecule has 0 saturated carbocycles. The summed E-state index contributed by atoms with van der Waals surface area (Å²) in [6.45, 7) is 5.09. The third kappa shape index (κ3) is 2.99. The van der Waals surface area contributed by atoms with Crippen LogP contribution in [0.3, 0.4) is 0 Å². The first-order valence-corrected chi connectivity index (χ1v) is 8.59. The number of benzene rings is 1. The second-order valence-electron chi connectivity index (χ2n) is 6.49. The number of rotatable bonds is 4. The molecule has 1 N–H and O–H groups in total. The summed E-state index contributed by atoms with van der Waals surface area (Å²) in [5.74, 6) is 1.30. The van der Waals surface area contributed by atoms with Gasteiger partial charge >= 0.3 is 0 Å². The molecule has 1 aromatic carbocycles. The molecule has 3 heterocycles. The molecule has 1 aliphatic rings. The average molecular weight is 339 g/mol. The lowest BCUT2D eigenvalue weighted by atomic mass is 10.2. The van der Waals surface area contributed by atoms with Crippen LogP contribution in [0.5, 0.6) is 0 Å². The van der Waals surface area contributed by atoms with Crippen LogP contribution in [0.4, 0.5) is 6.01 Å². The number of nitrogens with zero attached hydrogens (tertiary/aromatic N) is 2. The van der Waals surface area contributed by atoms with Crippen molar-refractivity contribution in [2.45, 2.75) is 32.7 Å². The Labute approximate surface area is 145 Å². The first kappa shape index (κ1) is 15.7. The number of carbonyl (C=O) groups is 1. The summed E-state index contributed by atoms with van der Waals surface area (Å²) in [6, 6.07) is 10.3. The van der Waals surface area contributed by atoms with E-state index in [1.165, 1.54) is 0 Å². The van der Waals surface area contributed by atoms with Gasteiger partial charge in [0.05, 0.1) is 11.6 Å². The van der Waals surface area contributed by atoms with Gasteiger partial charge in [0.2, 0.25) is 0 Å². The highest BCUT2D eigenvalue weighted by atomic mass is 16.4. The molecule has 1 amide bonds. The lowest BCUT2D eigenvalue weighted by Gasteiger charge is -2.22. The third-order valence-corrected chi connectivity index (χ3v) is 4.69. The third-order valence-electron chi connectivity index (χ3n) is 4.69. The predicted octanol–water partition coefficient (Wildman–Crippen LogP) is 3.44. The van der Waals surface area contributed by atoms with Crippen molar-refractivity contribution in [3.05, 3.63) is 47.4 Å². The van der Waals surface area contributed by atoms with E-state index in [1.807, 2.05) is 38.1 Å². The number of hydrogen-bond acceptors (Lipinski definition) is 5. The molecule has 2 aromatic heterocycles. The minimum absolute atomic E-state index is 0.0984. The standard InChI is InChI=1S/C19H21N3O3/c1-12-10-15(13(2)24-12)18(23)20-11-14-6-5-9-22(14)19-21-16-7-3-4-8-17(16)25-19/h3-4,7-8,10,14H,5-6,9,11H2,1-2H3,(H,20,23). The van der Waals surface area contributed by atoms with Crippen molar-refractivity contribution in [3.8, 4) is 0 Å². The number of nitrogens with one attached hydrogen (secondary N) is 1. The molecule has 1 atom stereocenters. The number of carbonyl (C=O) groups excluding carboxylic acids is 1. The molecule has 1 unspecified atom stereocenters. The van der Waals surface area contributed by atoms with Crippen LogP contribution in [0.15, 0.2) is 39.2 Å². The van der Waals surface area contributed by atoms with Gasteiger partial charge in [-0.05, 0) is 44.9 Å². The van der Waals surface area contributed by atoms with Crippen molar-refractivity contribution < 1.29 is 13.6 Å². The van der Waals surface area contributed by atoms with Crippen molar-refractivity contribution in [3.63, 3.8) is 0 Å². The van der Waals surface area contributed by atoms with Gasteiger partial charge in [-0.25, -0.2) is 0 Å². The van der Waals surface area contributed by atoms with E-state index in [9.17, 15) is 4.79 Å². The van der Waals surface area contributed by atoms with E-state index < -0.39 is 0 Å². The molecule has 130 valence electrons. The van der Waals surface area contributed by atoms with Crippen molar-refractivity contribution in [2.24, 2.45) is 0 Å². The SMILES string of the molecule is Cc1cc(C(=O)NCC2CCCN2c2nc3ccccc3o2)c(C)o1. The van der Waals surface area contributed by atoms with Crippen molar-refractivity contribution in [2.75, 3.05) is 18.0 Å². The molecule has 0 aliphatic carbocycles. The van der Waals surface area contributed by atoms with Crippen molar-refractivity contribution in [1.82, 2.24) is 10.3 Å². The van der Waals surface area contributed by atoms with Gasteiger partial charge in [-0.2, -0.15) is 4.98 Å². The largest absolute Gasteiger partial charge is 0.466 e. The molecule has 6 nitrogen and oxygen atoms in total. The Morgan fingerprint density at radius 2 is 2.16 bits per heavy atom. The zero-order valence-corrected chi connectivity index (χ0v) is 14.4. The van der Waals surface area contributed by atoms with E-state index in [-0.39, 0.29) is 11.9 Å². The Morgan fingerprint density at radius 3 is 2.92 bits per heavy atom. The van der Waals surface area contributed by atoms with Crippen LogP contribution >= 0.6 is 0 Å². The molecular weight excluding hydrogens is 318 g/mol. The fraction of sp³-hybridized carbons (Fsp3) is 0.368. The molecule has 3 aromatic rings. The number of fused-ring (bicyclic) bond motifs is 1. The topological polar surface area (TPSA) is 71.5 Å². The van der Waals surface area contributed by atoms with Crippen molar-refractivity contribution in [1.29, 1.82) is 0 Å². The van der Waals surface area contributed by atoms with E-state index in [2.05, 4.69) is 15.2 Å². The normalized spacial score (nSPS) is 17.4. The van der Waals surface area contributed by atoms with Gasteiger partial charge in [0.15, 0.2) is 5.58 Å². The Kier molecular flexibility index (Phi) is 3.95. The summed E-state index contributed by atoms with van der Waals surface area (Å²) in [4.78, 5) is 19.1. The number of amides is 1. The van der Waals surface area contributed by atoms with Gasteiger partial charge in [-0.15, -0.1) is 0 Å². The first-order chi connectivity index (χ1) is 12.1. The van der Waals surface area contributed by atoms with Gasteiger partial charge in [0.25, 0.3) is 11.9 Å². The fourth-order valence-corrected chi connectivity index (χ4v) is 3.44. The molecular formula is C19H21N3O3. The molecule has 25 heavy (non-hydrogen) atoms. The number of hydrogen-bond donors (Lipinski definition) is 1. The van der Waals surface area contributed by atoms with Crippen LogP contribution in [0, 0.1) is 13.8 Å². The molecule has 6 heteroatoms. The fourth-order valence-electron chi connectivity index (χ4n) is 3.44. The van der Waals surface area contributed by atoms with E-state index in [1.54, 1.807) is 6.07 Å². The monoisotopic (exact) mass is 339 g/mol. The van der Waals surface area contributed by atoms with Crippen LogP contribution in [0.2, 0.25) is 0 Å². The van der Waals surface area contributed by atoms with Gasteiger partial charge in [0.1, 0.15) is 17.0 Å². The molecule has 1 aliphatic heterocycles. The van der Waals surface area contributed by atoms with Crippen LogP contribution in [0.25, 0.3) is 11.1 Å². The Morgan fingerprint density at radius 1 is 1.32 bits per heavy atom. The second kappa shape index (κ2) is 6.27. The number of para-hydroxylation sites is 2. The zero-order valence-electron chi connectivity index (χ0n) is 14.4. The predicted molar refractivity (Wildman–Crippen MR) is 94.9 cm³/mol. The summed E-state index contributed by atoms with van der Waals surface area (Å²) in [6.07, 6.45) is 2.06. The number of furan rings is 1. The van der Waals surface area contributed by atoms with E-state index in [4.69, 9.17) is 8.83 Å². The van der Waals surface area contributed by atoms with Gasteiger partial charge < -0.3 is 19.1 Å². The summed E-state index contributed by atoms with van der Waals surface area (Å²) >= 11 is 0. The second-order valence-corrected chi connectivity index (χ2v) is 6.49. The van der Waals surface area contributed by atoms with Gasteiger partial charge in [-0.3, -0.25) is 4.79 Å². The maximum Gasteiger partial charge on any atom is 0.298 e. The van der Waals surface area contributed by atoms with E-state index in [0.29, 0.717) is 23.9 Å². The summed E-state index contributed by atoms with van der Waals surface area (Å²) in [5, 5.41) is 3.02. The number of aryl methyl sites for hydroxylation is 2. The number of aromatic nitrogens is 1. The highest BCUT2D eigenvalue weighted by molar-refractivity contribution is 5.95. The molecule has 1 saturated heterocycles. The summed E-state index contributed by atoms with van der Waals surface area (Å²) < 4.78 is 11.3. The summed E-state index contributed by atoms with van der Waals surface area (Å²) in [5.41, 5.74) is 2.25. The Bertz CT molecular complexity index is 879. The maximum absolute atomic E-state index is 12.4. The van der Waals surface area contributed by atoms with E-state index in [0.717, 1.165) is 36.2 Å². The van der Waals surface area contributed by atoms with Gasteiger partial charge in [-0.1, -0.05) is 12.1 Å². The summed E-state index contributed by atoms with van der Waals surface area (Å²) in [7, 11) is 0. The van der Waals surface area contributed by atoms with Crippen LogP contribution in [0.1, 0.15) is 34.7 Å². The highest BCUT2D eigenvalue weighted by Gasteiger charge is 2.29. The molecule has 4 rings (SSSR count). The highest BCUT2D eigenvalue weighted by Crippen LogP contribution is 2.28. The number of anilines is 1. The number of oxazole rings is 1. The van der Waals surface area contributed by atoms with Gasteiger partial charge in [0, 0.05) is 13.1 Å². The molecule has 0 spiro atoms. The lowest BCUT2D eigenvalue weighted by molar-refractivity contribution is 0.0949. The maximum atomic E-state index is 12.4. The minimum atomic E-state index is -0.0984. The molecule has 0 radical (unpaired) electrons. The molecule has 0 bridgehead atoms. The molecule has 1 fully saturated rings. The first-order valence-electron chi connectivity index (χ1n) is 8.59. The smallest absolute Gasteiger partial charge is 0.298 e. The van der Waals surface area contributed by atoms with Crippen LogP contribution in [-0.2, 0) is 0 Å². The van der Waals surface area contributed by atoms with Crippen molar-refractivity contribution >= 4 is 23.0 Å². The average Bonchev–Trinajstić information content (AvgIpc) is 3.29. The van der Waals surface area contributed by atoms with E-state index >= 15 is 0 Å². The Balaban J connectivity index is 1.46. The quantitative estimate of drug-likeness (QED) is 0.788. The van der Waals surface area contributed by atoms with Crippen LogP contribution in [-0.4, -0.2) is 30.0 Å². The van der Waals surface area contributed by atoms with Crippen LogP contribution < -0.4 is 10.2 Å². The lowest BCUT2D eigenvalue weighted by Crippen LogP contribution is -2.40. The zero-order chi connectivity index (χ0) is 17.4. The minimum Gasteiger partial charge on any atom is -0.466 e. The Hall–Kier alpha value is -2.76.